The summed E-state index contributed by atoms with van der Waals surface area (Å²) in [7, 11) is 1.39. The molecule has 0 radical (unpaired) electrons. The third kappa shape index (κ3) is 4.83. The van der Waals surface area contributed by atoms with Crippen molar-refractivity contribution in [2.45, 2.75) is 6.92 Å². The van der Waals surface area contributed by atoms with Crippen molar-refractivity contribution in [3.63, 3.8) is 0 Å². The Kier molecular flexibility index (Phi) is 3.42. The van der Waals surface area contributed by atoms with Crippen LogP contribution < -0.4 is 0 Å². The number of methoxy groups -OCH3 is 1. The summed E-state index contributed by atoms with van der Waals surface area (Å²) >= 11 is 0. The first kappa shape index (κ1) is 6.83. The number of esters is 1. The Morgan fingerprint density at radius 2 is 2.12 bits per heavy atom. The molecule has 0 aromatic rings. The van der Waals surface area contributed by atoms with Gasteiger partial charge in [0.1, 0.15) is 0 Å². The fourth-order valence-corrected chi connectivity index (χ4v) is 0.134. The Morgan fingerprint density at radius 3 is 2.50 bits per heavy atom. The van der Waals surface area contributed by atoms with Crippen molar-refractivity contribution in [1.82, 2.24) is 0 Å². The molecule has 0 unspecified atom stereocenters. The highest BCUT2D eigenvalue weighted by molar-refractivity contribution is 5.67. The van der Waals surface area contributed by atoms with E-state index in [4.69, 9.17) is 0 Å². The lowest BCUT2D eigenvalue weighted by Crippen LogP contribution is -1.89. The van der Waals surface area contributed by atoms with Gasteiger partial charge >= 0.3 is 5.97 Å². The minimum absolute atomic E-state index is 0.436. The summed E-state index contributed by atoms with van der Waals surface area (Å²) < 4.78 is 8.41. The van der Waals surface area contributed by atoms with E-state index in [-0.39, 0.29) is 0 Å². The fraction of sp³-hybridized carbons (Fsp3) is 0.400. The Hall–Kier alpha value is -1.17. The summed E-state index contributed by atoms with van der Waals surface area (Å²) in [4.78, 5) is 9.94. The van der Waals surface area contributed by atoms with Gasteiger partial charge in [-0.25, -0.2) is 0 Å². The molecule has 0 spiro atoms. The predicted octanol–water partition coefficient (Wildman–Crippen LogP) is 0.114. The SMILES string of the molecule is COC#COC(C)=O. The van der Waals surface area contributed by atoms with Gasteiger partial charge in [0.05, 0.1) is 7.11 Å². The first-order chi connectivity index (χ1) is 3.77. The van der Waals surface area contributed by atoms with Gasteiger partial charge in [-0.1, -0.05) is 0 Å². The molecule has 0 bridgehead atoms. The molecule has 0 fully saturated rings. The van der Waals surface area contributed by atoms with Gasteiger partial charge in [0.2, 0.25) is 0 Å². The maximum absolute atomic E-state index is 9.94. The zero-order valence-electron chi connectivity index (χ0n) is 4.72. The number of ether oxygens (including phenoxy) is 2. The molecule has 3 heteroatoms. The van der Waals surface area contributed by atoms with Crippen LogP contribution in [0.25, 0.3) is 0 Å². The van der Waals surface area contributed by atoms with Gasteiger partial charge < -0.3 is 9.47 Å². The van der Waals surface area contributed by atoms with Crippen molar-refractivity contribution in [2.75, 3.05) is 7.11 Å². The molecule has 0 aromatic carbocycles. The Labute approximate surface area is 47.6 Å². The zero-order valence-corrected chi connectivity index (χ0v) is 4.72. The van der Waals surface area contributed by atoms with Gasteiger partial charge in [0.25, 0.3) is 0 Å². The number of hydrogen-bond acceptors (Lipinski definition) is 3. The van der Waals surface area contributed by atoms with E-state index in [0.29, 0.717) is 0 Å². The second-order valence-corrected chi connectivity index (χ2v) is 1.00. The normalized spacial score (nSPS) is 6.25. The smallest absolute Gasteiger partial charge is 0.316 e. The van der Waals surface area contributed by atoms with Crippen molar-refractivity contribution in [2.24, 2.45) is 0 Å². The van der Waals surface area contributed by atoms with Crippen LogP contribution in [-0.2, 0) is 14.3 Å². The number of rotatable bonds is 0. The standard InChI is InChI=1S/C5H6O3/c1-5(6)8-4-3-7-2/h1-2H3. The molecule has 0 aliphatic carbocycles. The minimum atomic E-state index is -0.436. The third-order valence-electron chi connectivity index (χ3n) is 0.338. The van der Waals surface area contributed by atoms with Gasteiger partial charge in [-0.3, -0.25) is 4.79 Å². The first-order valence-electron chi connectivity index (χ1n) is 1.97. The maximum atomic E-state index is 9.94. The summed E-state index contributed by atoms with van der Waals surface area (Å²) in [5, 5.41) is 0. The van der Waals surface area contributed by atoms with Gasteiger partial charge in [-0.2, -0.15) is 0 Å². The summed E-state index contributed by atoms with van der Waals surface area (Å²) in [6.45, 7) is 1.27. The van der Waals surface area contributed by atoms with Crippen LogP contribution in [0.4, 0.5) is 0 Å². The van der Waals surface area contributed by atoms with Crippen LogP contribution >= 0.6 is 0 Å². The number of carbonyl (C=O) groups is 1. The molecule has 3 nitrogen and oxygen atoms in total. The highest BCUT2D eigenvalue weighted by Gasteiger charge is 1.82. The summed E-state index contributed by atoms with van der Waals surface area (Å²) in [5.74, 6) is -0.436. The van der Waals surface area contributed by atoms with E-state index in [0.717, 1.165) is 0 Å². The molecule has 0 amide bonds. The van der Waals surface area contributed by atoms with Gasteiger partial charge in [0.15, 0.2) is 12.2 Å². The average Bonchev–Trinajstić information content (AvgIpc) is 1.66. The topological polar surface area (TPSA) is 35.5 Å². The molecule has 0 saturated carbocycles. The Bertz CT molecular complexity index is 128. The van der Waals surface area contributed by atoms with E-state index >= 15 is 0 Å². The molecule has 44 valence electrons. The van der Waals surface area contributed by atoms with E-state index in [9.17, 15) is 4.79 Å². The van der Waals surface area contributed by atoms with Crippen LogP contribution in [0.15, 0.2) is 0 Å². The number of carbonyl (C=O) groups excluding carboxylic acids is 1. The Morgan fingerprint density at radius 1 is 1.50 bits per heavy atom. The van der Waals surface area contributed by atoms with Crippen molar-refractivity contribution in [1.29, 1.82) is 0 Å². The molecule has 0 N–H and O–H groups in total. The van der Waals surface area contributed by atoms with Crippen LogP contribution in [0.5, 0.6) is 0 Å². The third-order valence-corrected chi connectivity index (χ3v) is 0.338. The number of hydrogen-bond donors (Lipinski definition) is 0. The van der Waals surface area contributed by atoms with Crippen molar-refractivity contribution in [3.05, 3.63) is 0 Å². The van der Waals surface area contributed by atoms with Crippen LogP contribution in [-0.4, -0.2) is 13.1 Å². The lowest BCUT2D eigenvalue weighted by atomic mass is 10.8. The van der Waals surface area contributed by atoms with Gasteiger partial charge in [-0.15, -0.1) is 0 Å². The second kappa shape index (κ2) is 4.00. The fourth-order valence-electron chi connectivity index (χ4n) is 0.134. The molecule has 0 rings (SSSR count). The summed E-state index contributed by atoms with van der Waals surface area (Å²) in [6, 6.07) is 0. The van der Waals surface area contributed by atoms with Crippen molar-refractivity contribution < 1.29 is 14.3 Å². The molecule has 8 heavy (non-hydrogen) atoms. The van der Waals surface area contributed by atoms with Crippen LogP contribution in [0.3, 0.4) is 0 Å². The zero-order chi connectivity index (χ0) is 6.41. The highest BCUT2D eigenvalue weighted by Crippen LogP contribution is 1.68. The average molecular weight is 114 g/mol. The molecule has 0 saturated heterocycles. The van der Waals surface area contributed by atoms with Gasteiger partial charge in [-0.05, 0) is 0 Å². The predicted molar refractivity (Wildman–Crippen MR) is 26.6 cm³/mol. The first-order valence-corrected chi connectivity index (χ1v) is 1.97. The maximum Gasteiger partial charge on any atom is 0.316 e. The van der Waals surface area contributed by atoms with E-state index in [1.807, 2.05) is 6.11 Å². The van der Waals surface area contributed by atoms with E-state index in [1.165, 1.54) is 14.0 Å². The van der Waals surface area contributed by atoms with Crippen molar-refractivity contribution in [3.8, 4) is 12.2 Å². The molecule has 0 heterocycles. The largest absolute Gasteiger partial charge is 0.448 e. The van der Waals surface area contributed by atoms with Gasteiger partial charge in [0, 0.05) is 6.92 Å². The summed E-state index contributed by atoms with van der Waals surface area (Å²) in [6.07, 6.45) is 4.10. The lowest BCUT2D eigenvalue weighted by molar-refractivity contribution is -0.134. The molecule has 0 aliphatic rings. The van der Waals surface area contributed by atoms with Crippen LogP contribution in [0.2, 0.25) is 0 Å². The Balaban J connectivity index is 3.29. The highest BCUT2D eigenvalue weighted by atomic mass is 16.5. The lowest BCUT2D eigenvalue weighted by Gasteiger charge is -1.81. The molecule has 0 aromatic heterocycles. The monoisotopic (exact) mass is 114 g/mol. The molecule has 0 aliphatic heterocycles. The van der Waals surface area contributed by atoms with E-state index < -0.39 is 5.97 Å². The van der Waals surface area contributed by atoms with E-state index in [2.05, 4.69) is 15.6 Å². The summed E-state index contributed by atoms with van der Waals surface area (Å²) in [5.41, 5.74) is 0. The second-order valence-electron chi connectivity index (χ2n) is 1.00. The van der Waals surface area contributed by atoms with Crippen LogP contribution in [0.1, 0.15) is 6.92 Å². The molecule has 0 atom stereocenters. The quantitative estimate of drug-likeness (QED) is 0.331. The minimum Gasteiger partial charge on any atom is -0.448 e. The van der Waals surface area contributed by atoms with E-state index in [1.54, 1.807) is 0 Å². The molecular formula is C5H6O3. The van der Waals surface area contributed by atoms with Crippen molar-refractivity contribution >= 4 is 5.97 Å². The molecular weight excluding hydrogens is 108 g/mol. The van der Waals surface area contributed by atoms with Crippen LogP contribution in [0, 0.1) is 12.2 Å².